The zero-order chi connectivity index (χ0) is 12.5. The van der Waals surface area contributed by atoms with Crippen LogP contribution in [0.5, 0.6) is 0 Å². The van der Waals surface area contributed by atoms with Gasteiger partial charge in [0.1, 0.15) is 0 Å². The van der Waals surface area contributed by atoms with E-state index in [9.17, 15) is 4.79 Å². The maximum absolute atomic E-state index is 10.9. The van der Waals surface area contributed by atoms with Gasteiger partial charge in [-0.05, 0) is 25.0 Å². The molecule has 2 heterocycles. The predicted molar refractivity (Wildman–Crippen MR) is 65.8 cm³/mol. The number of hydrogen-bond acceptors (Lipinski definition) is 3. The Morgan fingerprint density at radius 1 is 1.33 bits per heavy atom. The smallest absolute Gasteiger partial charge is 0.335 e. The number of aromatic nitrogens is 3. The Balaban J connectivity index is 1.97. The molecule has 0 saturated heterocycles. The summed E-state index contributed by atoms with van der Waals surface area (Å²) in [7, 11) is 0. The molecule has 0 spiro atoms. The van der Waals surface area contributed by atoms with Gasteiger partial charge in [0.05, 0.1) is 5.56 Å². The van der Waals surface area contributed by atoms with E-state index in [2.05, 4.69) is 10.1 Å². The number of rotatable bonds is 2. The van der Waals surface area contributed by atoms with Crippen molar-refractivity contribution in [3.8, 4) is 0 Å². The Bertz CT molecular complexity index is 585. The van der Waals surface area contributed by atoms with Gasteiger partial charge in [-0.25, -0.2) is 14.3 Å². The van der Waals surface area contributed by atoms with Crippen LogP contribution in [-0.4, -0.2) is 25.7 Å². The standard InChI is InChI=1S/C13H15N3O2/c17-13(18)10-6-7-16-11(8-10)14-12(15-16)9-4-2-1-3-5-9/h6-9H,1-5H2,(H,17,18). The van der Waals surface area contributed by atoms with E-state index in [1.54, 1.807) is 22.8 Å². The van der Waals surface area contributed by atoms with Crippen LogP contribution in [0.15, 0.2) is 18.3 Å². The van der Waals surface area contributed by atoms with Crippen molar-refractivity contribution in [1.29, 1.82) is 0 Å². The Kier molecular flexibility index (Phi) is 2.74. The zero-order valence-electron chi connectivity index (χ0n) is 10.0. The van der Waals surface area contributed by atoms with Gasteiger partial charge >= 0.3 is 5.97 Å². The number of nitrogens with zero attached hydrogens (tertiary/aromatic N) is 3. The molecular formula is C13H15N3O2. The molecule has 0 bridgehead atoms. The van der Waals surface area contributed by atoms with Gasteiger partial charge in [0.2, 0.25) is 0 Å². The maximum Gasteiger partial charge on any atom is 0.335 e. The van der Waals surface area contributed by atoms with Crippen LogP contribution in [0.2, 0.25) is 0 Å². The average Bonchev–Trinajstić information content (AvgIpc) is 2.82. The molecule has 18 heavy (non-hydrogen) atoms. The Labute approximate surface area is 104 Å². The minimum Gasteiger partial charge on any atom is -0.478 e. The van der Waals surface area contributed by atoms with Crippen molar-refractivity contribution < 1.29 is 9.90 Å². The average molecular weight is 245 g/mol. The van der Waals surface area contributed by atoms with E-state index in [0.717, 1.165) is 18.7 Å². The third-order valence-electron chi connectivity index (χ3n) is 3.57. The van der Waals surface area contributed by atoms with Gasteiger partial charge in [0, 0.05) is 12.1 Å². The molecule has 5 heteroatoms. The van der Waals surface area contributed by atoms with Gasteiger partial charge in [0.15, 0.2) is 11.5 Å². The van der Waals surface area contributed by atoms with Crippen LogP contribution >= 0.6 is 0 Å². The van der Waals surface area contributed by atoms with E-state index in [1.165, 1.54) is 19.3 Å². The first kappa shape index (κ1) is 11.2. The van der Waals surface area contributed by atoms with Crippen molar-refractivity contribution in [2.45, 2.75) is 38.0 Å². The summed E-state index contributed by atoms with van der Waals surface area (Å²) in [5.74, 6) is 0.365. The predicted octanol–water partition coefficient (Wildman–Crippen LogP) is 2.48. The lowest BCUT2D eigenvalue weighted by molar-refractivity contribution is 0.0697. The van der Waals surface area contributed by atoms with Crippen LogP contribution in [-0.2, 0) is 0 Å². The summed E-state index contributed by atoms with van der Waals surface area (Å²) in [6, 6.07) is 3.12. The van der Waals surface area contributed by atoms with Crippen LogP contribution in [0, 0.1) is 0 Å². The Hall–Kier alpha value is -1.91. The Morgan fingerprint density at radius 3 is 2.83 bits per heavy atom. The second-order valence-electron chi connectivity index (χ2n) is 4.83. The summed E-state index contributed by atoms with van der Waals surface area (Å²) in [6.45, 7) is 0. The van der Waals surface area contributed by atoms with Crippen LogP contribution in [0.1, 0.15) is 54.2 Å². The molecule has 5 nitrogen and oxygen atoms in total. The molecule has 1 N–H and O–H groups in total. The first-order chi connectivity index (χ1) is 8.74. The van der Waals surface area contributed by atoms with E-state index in [0.29, 0.717) is 11.6 Å². The SMILES string of the molecule is O=C(O)c1ccn2nc(C3CCCCC3)nc2c1. The zero-order valence-corrected chi connectivity index (χ0v) is 10.0. The van der Waals surface area contributed by atoms with Crippen LogP contribution < -0.4 is 0 Å². The second-order valence-corrected chi connectivity index (χ2v) is 4.83. The largest absolute Gasteiger partial charge is 0.478 e. The molecule has 2 aromatic rings. The lowest BCUT2D eigenvalue weighted by Crippen LogP contribution is -2.06. The van der Waals surface area contributed by atoms with Crippen molar-refractivity contribution in [3.63, 3.8) is 0 Å². The number of carboxylic acids is 1. The van der Waals surface area contributed by atoms with Gasteiger partial charge < -0.3 is 5.11 Å². The van der Waals surface area contributed by atoms with E-state index in [1.807, 2.05) is 0 Å². The number of aromatic carboxylic acids is 1. The lowest BCUT2D eigenvalue weighted by Gasteiger charge is -2.17. The molecule has 1 fully saturated rings. The topological polar surface area (TPSA) is 67.5 Å². The van der Waals surface area contributed by atoms with E-state index in [4.69, 9.17) is 5.11 Å². The highest BCUT2D eigenvalue weighted by Crippen LogP contribution is 2.30. The summed E-state index contributed by atoms with van der Waals surface area (Å²) < 4.78 is 1.66. The fourth-order valence-corrected chi connectivity index (χ4v) is 2.57. The molecule has 1 aliphatic rings. The molecule has 0 unspecified atom stereocenters. The first-order valence-electron chi connectivity index (χ1n) is 6.33. The van der Waals surface area contributed by atoms with Crippen LogP contribution in [0.25, 0.3) is 5.65 Å². The van der Waals surface area contributed by atoms with Gasteiger partial charge in [-0.2, -0.15) is 5.10 Å². The van der Waals surface area contributed by atoms with Crippen molar-refractivity contribution >= 4 is 11.6 Å². The lowest BCUT2D eigenvalue weighted by atomic mass is 9.89. The maximum atomic E-state index is 10.9. The molecular weight excluding hydrogens is 230 g/mol. The summed E-state index contributed by atoms with van der Waals surface area (Å²) in [5, 5.41) is 13.4. The highest BCUT2D eigenvalue weighted by Gasteiger charge is 2.20. The quantitative estimate of drug-likeness (QED) is 0.882. The van der Waals surface area contributed by atoms with Gasteiger partial charge in [0.25, 0.3) is 0 Å². The molecule has 1 saturated carbocycles. The third-order valence-corrected chi connectivity index (χ3v) is 3.57. The summed E-state index contributed by atoms with van der Waals surface area (Å²) in [5.41, 5.74) is 0.876. The minimum atomic E-state index is -0.931. The molecule has 0 amide bonds. The fourth-order valence-electron chi connectivity index (χ4n) is 2.57. The fraction of sp³-hybridized carbons (Fsp3) is 0.462. The molecule has 0 aliphatic heterocycles. The van der Waals surface area contributed by atoms with Crippen LogP contribution in [0.4, 0.5) is 0 Å². The van der Waals surface area contributed by atoms with Crippen molar-refractivity contribution in [2.75, 3.05) is 0 Å². The van der Waals surface area contributed by atoms with Crippen LogP contribution in [0.3, 0.4) is 0 Å². The highest BCUT2D eigenvalue weighted by molar-refractivity contribution is 5.88. The molecule has 1 aliphatic carbocycles. The van der Waals surface area contributed by atoms with Crippen molar-refractivity contribution in [3.05, 3.63) is 29.7 Å². The molecule has 2 aromatic heterocycles. The van der Waals surface area contributed by atoms with Crippen molar-refractivity contribution in [2.24, 2.45) is 0 Å². The summed E-state index contributed by atoms with van der Waals surface area (Å²) >= 11 is 0. The van der Waals surface area contributed by atoms with E-state index < -0.39 is 5.97 Å². The normalized spacial score (nSPS) is 17.1. The molecule has 94 valence electrons. The van der Waals surface area contributed by atoms with E-state index >= 15 is 0 Å². The van der Waals surface area contributed by atoms with Gasteiger partial charge in [-0.15, -0.1) is 0 Å². The summed E-state index contributed by atoms with van der Waals surface area (Å²) in [4.78, 5) is 15.4. The van der Waals surface area contributed by atoms with Gasteiger partial charge in [-0.1, -0.05) is 19.3 Å². The molecule has 0 atom stereocenters. The molecule has 3 rings (SSSR count). The number of fused-ring (bicyclic) bond motifs is 1. The van der Waals surface area contributed by atoms with Crippen molar-refractivity contribution in [1.82, 2.24) is 14.6 Å². The monoisotopic (exact) mass is 245 g/mol. The van der Waals surface area contributed by atoms with E-state index in [-0.39, 0.29) is 5.56 Å². The number of pyridine rings is 1. The summed E-state index contributed by atoms with van der Waals surface area (Å²) in [6.07, 6.45) is 7.72. The molecule has 0 aromatic carbocycles. The number of carboxylic acid groups (broad SMARTS) is 1. The number of hydrogen-bond donors (Lipinski definition) is 1. The minimum absolute atomic E-state index is 0.255. The third kappa shape index (κ3) is 1.96. The number of carbonyl (C=O) groups is 1. The first-order valence-corrected chi connectivity index (χ1v) is 6.33. The Morgan fingerprint density at radius 2 is 2.11 bits per heavy atom. The second kappa shape index (κ2) is 4.40. The van der Waals surface area contributed by atoms with Gasteiger partial charge in [-0.3, -0.25) is 0 Å². The molecule has 0 radical (unpaired) electrons. The highest BCUT2D eigenvalue weighted by atomic mass is 16.4.